The predicted octanol–water partition coefficient (Wildman–Crippen LogP) is 3.38. The van der Waals surface area contributed by atoms with Crippen LogP contribution in [0.3, 0.4) is 0 Å². The average Bonchev–Trinajstić information content (AvgIpc) is 2.91. The van der Waals surface area contributed by atoms with Crippen molar-refractivity contribution in [1.82, 2.24) is 25.2 Å². The second-order valence-electron chi connectivity index (χ2n) is 9.05. The summed E-state index contributed by atoms with van der Waals surface area (Å²) >= 11 is 0. The van der Waals surface area contributed by atoms with Gasteiger partial charge in [0.2, 0.25) is 5.95 Å². The Balaban J connectivity index is 1.34. The number of carbonyl (C=O) groups is 1. The number of piperazine rings is 1. The first-order valence-electron chi connectivity index (χ1n) is 12.1. The van der Waals surface area contributed by atoms with Gasteiger partial charge in [0.1, 0.15) is 28.5 Å². The number of nitrogens with one attached hydrogen (secondary N) is 2. The van der Waals surface area contributed by atoms with Crippen molar-refractivity contribution in [2.45, 2.75) is 13.5 Å². The molecule has 5 rings (SSSR count). The van der Waals surface area contributed by atoms with Gasteiger partial charge in [-0.25, -0.2) is 14.4 Å². The van der Waals surface area contributed by atoms with Crippen LogP contribution >= 0.6 is 0 Å². The SMILES string of the molecule is CNC(=O)c1ccc(N2CCN(Cc3cc(Oc4ccc(F)cc4)c4nc(C)c(=O)[nH]c4c3)CC2)c(F)n1. The maximum absolute atomic E-state index is 14.6. The number of fused-ring (bicyclic) bond motifs is 1. The highest BCUT2D eigenvalue weighted by Crippen LogP contribution is 2.30. The van der Waals surface area contributed by atoms with Gasteiger partial charge in [0.25, 0.3) is 11.5 Å². The number of amides is 1. The summed E-state index contributed by atoms with van der Waals surface area (Å²) < 4.78 is 34.0. The third kappa shape index (κ3) is 5.32. The van der Waals surface area contributed by atoms with Gasteiger partial charge in [-0.15, -0.1) is 0 Å². The van der Waals surface area contributed by atoms with Crippen molar-refractivity contribution >= 4 is 22.6 Å². The van der Waals surface area contributed by atoms with Gasteiger partial charge >= 0.3 is 0 Å². The molecule has 1 fully saturated rings. The van der Waals surface area contributed by atoms with Gasteiger partial charge in [-0.05, 0) is 61.0 Å². The van der Waals surface area contributed by atoms with E-state index >= 15 is 0 Å². The molecule has 0 bridgehead atoms. The topological polar surface area (TPSA) is 103 Å². The Morgan fingerprint density at radius 1 is 1.05 bits per heavy atom. The van der Waals surface area contributed by atoms with Gasteiger partial charge in [-0.1, -0.05) is 0 Å². The van der Waals surface area contributed by atoms with Gasteiger partial charge < -0.3 is 19.9 Å². The standard InChI is InChI=1S/C27H26F2N6O3/c1-16-26(36)33-21-13-17(14-23(24(21)31-16)38-19-5-3-18(28)4-6-19)15-34-9-11-35(12-10-34)22-8-7-20(27(37)30-2)32-25(22)29/h3-8,13-14H,9-12,15H2,1-2H3,(H,30,37)(H,33,36). The maximum atomic E-state index is 14.6. The zero-order valence-corrected chi connectivity index (χ0v) is 20.9. The normalized spacial score (nSPS) is 14.1. The molecule has 1 saturated heterocycles. The fourth-order valence-corrected chi connectivity index (χ4v) is 4.43. The molecule has 2 N–H and O–H groups in total. The maximum Gasteiger partial charge on any atom is 0.269 e. The van der Waals surface area contributed by atoms with E-state index in [0.29, 0.717) is 66.6 Å². The molecule has 2 aromatic carbocycles. The molecule has 0 saturated carbocycles. The summed E-state index contributed by atoms with van der Waals surface area (Å²) in [7, 11) is 1.47. The van der Waals surface area contributed by atoms with Crippen LogP contribution in [0.15, 0.2) is 53.3 Å². The van der Waals surface area contributed by atoms with Crippen LogP contribution in [0, 0.1) is 18.7 Å². The minimum atomic E-state index is -0.677. The van der Waals surface area contributed by atoms with Gasteiger partial charge in [0.05, 0.1) is 11.2 Å². The number of halogens is 2. The third-order valence-corrected chi connectivity index (χ3v) is 6.44. The number of rotatable bonds is 6. The smallest absolute Gasteiger partial charge is 0.269 e. The molecule has 0 unspecified atom stereocenters. The van der Waals surface area contributed by atoms with Crippen molar-refractivity contribution in [3.8, 4) is 11.5 Å². The van der Waals surface area contributed by atoms with Crippen molar-refractivity contribution in [1.29, 1.82) is 0 Å². The molecule has 1 aliphatic heterocycles. The number of pyridine rings is 1. The Kier molecular flexibility index (Phi) is 7.01. The summed E-state index contributed by atoms with van der Waals surface area (Å²) in [6.45, 7) is 4.65. The van der Waals surface area contributed by atoms with Crippen LogP contribution in [0.4, 0.5) is 14.5 Å². The summed E-state index contributed by atoms with van der Waals surface area (Å²) in [5.41, 5.74) is 2.36. The van der Waals surface area contributed by atoms with Crippen LogP contribution in [0.5, 0.6) is 11.5 Å². The molecule has 1 aliphatic rings. The molecule has 38 heavy (non-hydrogen) atoms. The fourth-order valence-electron chi connectivity index (χ4n) is 4.43. The first-order valence-corrected chi connectivity index (χ1v) is 12.1. The van der Waals surface area contributed by atoms with E-state index in [9.17, 15) is 18.4 Å². The molecule has 3 heterocycles. The molecule has 0 aliphatic carbocycles. The number of aromatic nitrogens is 3. The molecular formula is C27H26F2N6O3. The zero-order valence-electron chi connectivity index (χ0n) is 20.9. The summed E-state index contributed by atoms with van der Waals surface area (Å²) in [4.78, 5) is 39.1. The Hall–Kier alpha value is -4.38. The molecule has 0 spiro atoms. The second kappa shape index (κ2) is 10.5. The van der Waals surface area contributed by atoms with Crippen LogP contribution in [0.2, 0.25) is 0 Å². The van der Waals surface area contributed by atoms with Gasteiger partial charge in [-0.3, -0.25) is 14.5 Å². The van der Waals surface area contributed by atoms with E-state index in [4.69, 9.17) is 4.74 Å². The summed E-state index contributed by atoms with van der Waals surface area (Å²) in [5, 5.41) is 2.44. The molecule has 4 aromatic rings. The minimum Gasteiger partial charge on any atom is -0.455 e. The number of aryl methyl sites for hydroxylation is 1. The van der Waals surface area contributed by atoms with Crippen LogP contribution in [-0.4, -0.2) is 59.0 Å². The lowest BCUT2D eigenvalue weighted by molar-refractivity contribution is 0.0957. The zero-order chi connectivity index (χ0) is 26.8. The van der Waals surface area contributed by atoms with Crippen molar-refractivity contribution < 1.29 is 18.3 Å². The fraction of sp³-hybridized carbons (Fsp3) is 0.259. The molecule has 1 amide bonds. The number of nitrogens with zero attached hydrogens (tertiary/aromatic N) is 4. The Labute approximate surface area is 217 Å². The Morgan fingerprint density at radius 2 is 1.79 bits per heavy atom. The molecule has 11 heteroatoms. The number of benzene rings is 2. The average molecular weight is 521 g/mol. The van der Waals surface area contributed by atoms with E-state index in [0.717, 1.165) is 5.56 Å². The first-order chi connectivity index (χ1) is 18.3. The molecule has 196 valence electrons. The quantitative estimate of drug-likeness (QED) is 0.376. The Morgan fingerprint density at radius 3 is 2.47 bits per heavy atom. The number of carbonyl (C=O) groups excluding carboxylic acids is 1. The van der Waals surface area contributed by atoms with Gasteiger partial charge in [0, 0.05) is 39.8 Å². The van der Waals surface area contributed by atoms with Crippen molar-refractivity contribution in [3.63, 3.8) is 0 Å². The third-order valence-electron chi connectivity index (χ3n) is 6.44. The lowest BCUT2D eigenvalue weighted by Crippen LogP contribution is -2.46. The van der Waals surface area contributed by atoms with Crippen LogP contribution in [0.25, 0.3) is 11.0 Å². The highest BCUT2D eigenvalue weighted by molar-refractivity contribution is 5.92. The lowest BCUT2D eigenvalue weighted by Gasteiger charge is -2.36. The molecule has 0 atom stereocenters. The van der Waals surface area contributed by atoms with E-state index in [2.05, 4.69) is 25.2 Å². The second-order valence-corrected chi connectivity index (χ2v) is 9.05. The number of ether oxygens (including phenoxy) is 1. The summed E-state index contributed by atoms with van der Waals surface area (Å²) in [5.74, 6) is -0.589. The van der Waals surface area contributed by atoms with Crippen molar-refractivity contribution in [3.05, 3.63) is 87.6 Å². The Bertz CT molecular complexity index is 1550. The van der Waals surface area contributed by atoms with E-state index in [1.165, 1.54) is 37.4 Å². The molecule has 2 aromatic heterocycles. The number of H-pyrrole nitrogens is 1. The highest BCUT2D eigenvalue weighted by Gasteiger charge is 2.22. The number of aromatic amines is 1. The highest BCUT2D eigenvalue weighted by atomic mass is 19.1. The minimum absolute atomic E-state index is 0.0325. The van der Waals surface area contributed by atoms with Crippen LogP contribution in [-0.2, 0) is 6.54 Å². The van der Waals surface area contributed by atoms with Gasteiger partial charge in [0.15, 0.2) is 5.75 Å². The summed E-state index contributed by atoms with van der Waals surface area (Å²) in [6, 6.07) is 12.5. The molecular weight excluding hydrogens is 494 g/mol. The predicted molar refractivity (Wildman–Crippen MR) is 139 cm³/mol. The molecule has 9 nitrogen and oxygen atoms in total. The number of hydrogen-bond acceptors (Lipinski definition) is 7. The lowest BCUT2D eigenvalue weighted by atomic mass is 10.1. The van der Waals surface area contributed by atoms with E-state index < -0.39 is 11.9 Å². The van der Waals surface area contributed by atoms with E-state index in [1.807, 2.05) is 17.0 Å². The monoisotopic (exact) mass is 520 g/mol. The first kappa shape index (κ1) is 25.3. The van der Waals surface area contributed by atoms with Crippen LogP contribution < -0.4 is 20.5 Å². The summed E-state index contributed by atoms with van der Waals surface area (Å²) in [6.07, 6.45) is 0. The van der Waals surface area contributed by atoms with E-state index in [1.54, 1.807) is 13.0 Å². The number of anilines is 1. The van der Waals surface area contributed by atoms with Gasteiger partial charge in [-0.2, -0.15) is 4.39 Å². The van der Waals surface area contributed by atoms with Crippen LogP contribution in [0.1, 0.15) is 21.7 Å². The van der Waals surface area contributed by atoms with E-state index in [-0.39, 0.29) is 17.1 Å². The largest absolute Gasteiger partial charge is 0.455 e. The van der Waals surface area contributed by atoms with Crippen molar-refractivity contribution in [2.75, 3.05) is 38.1 Å². The number of hydrogen-bond donors (Lipinski definition) is 2. The van der Waals surface area contributed by atoms with Crippen molar-refractivity contribution in [2.24, 2.45) is 0 Å². The molecule has 0 radical (unpaired) electrons.